The van der Waals surface area contributed by atoms with Crippen molar-refractivity contribution in [3.63, 3.8) is 0 Å². The van der Waals surface area contributed by atoms with Gasteiger partial charge in [-0.2, -0.15) is 4.99 Å². The molecule has 15 heavy (non-hydrogen) atoms. The van der Waals surface area contributed by atoms with Gasteiger partial charge in [-0.05, 0) is 32.9 Å². The van der Waals surface area contributed by atoms with E-state index in [1.807, 2.05) is 20.8 Å². The second kappa shape index (κ2) is 7.49. The van der Waals surface area contributed by atoms with Gasteiger partial charge in [-0.3, -0.25) is 4.79 Å². The molecule has 5 heteroatoms. The number of ether oxygens (including phenoxy) is 1. The van der Waals surface area contributed by atoms with Crippen LogP contribution >= 0.6 is 11.8 Å². The Bertz CT molecular complexity index is 242. The van der Waals surface area contributed by atoms with Crippen LogP contribution in [0.25, 0.3) is 0 Å². The number of carbonyl (C=O) groups excluding carboxylic acids is 2. The molecule has 0 aliphatic heterocycles. The lowest BCUT2D eigenvalue weighted by molar-refractivity contribution is -0.154. The van der Waals surface area contributed by atoms with Gasteiger partial charge in [0.15, 0.2) is 0 Å². The third-order valence-electron chi connectivity index (χ3n) is 1.31. The average Bonchev–Trinajstić information content (AvgIpc) is 2.08. The minimum atomic E-state index is -0.411. The number of esters is 1. The van der Waals surface area contributed by atoms with E-state index in [1.165, 1.54) is 17.8 Å². The number of nitrogens with zero attached hydrogens (tertiary/aromatic N) is 1. The van der Waals surface area contributed by atoms with Crippen molar-refractivity contribution in [1.82, 2.24) is 0 Å². The zero-order chi connectivity index (χ0) is 11.7. The summed E-state index contributed by atoms with van der Waals surface area (Å²) in [6.07, 6.45) is 2.62. The minimum absolute atomic E-state index is 0.179. The second-order valence-corrected chi connectivity index (χ2v) is 5.05. The lowest BCUT2D eigenvalue weighted by atomic mass is 10.2. The van der Waals surface area contributed by atoms with E-state index in [2.05, 4.69) is 4.99 Å². The Balaban J connectivity index is 3.43. The molecule has 0 aliphatic rings. The fraction of sp³-hybridized carbons (Fsp3) is 0.800. The van der Waals surface area contributed by atoms with Crippen LogP contribution in [0, 0.1) is 0 Å². The Morgan fingerprint density at radius 3 is 2.67 bits per heavy atom. The summed E-state index contributed by atoms with van der Waals surface area (Å²) in [6, 6.07) is 0. The van der Waals surface area contributed by atoms with E-state index in [1.54, 1.807) is 0 Å². The van der Waals surface area contributed by atoms with E-state index >= 15 is 0 Å². The lowest BCUT2D eigenvalue weighted by Crippen LogP contribution is -2.23. The Labute approximate surface area is 94.5 Å². The van der Waals surface area contributed by atoms with Crippen LogP contribution in [0.15, 0.2) is 4.99 Å². The molecule has 0 fully saturated rings. The van der Waals surface area contributed by atoms with Crippen LogP contribution in [0.3, 0.4) is 0 Å². The van der Waals surface area contributed by atoms with Crippen LogP contribution < -0.4 is 0 Å². The summed E-state index contributed by atoms with van der Waals surface area (Å²) >= 11 is 1.50. The first-order valence-electron chi connectivity index (χ1n) is 4.79. The Morgan fingerprint density at radius 2 is 2.13 bits per heavy atom. The molecule has 0 spiro atoms. The molecule has 0 rings (SSSR count). The summed E-state index contributed by atoms with van der Waals surface area (Å²) in [5.41, 5.74) is -0.411. The number of isocyanates is 1. The number of aliphatic imine (C=N–C) groups is 1. The van der Waals surface area contributed by atoms with E-state index in [-0.39, 0.29) is 5.97 Å². The largest absolute Gasteiger partial charge is 0.460 e. The molecular weight excluding hydrogens is 214 g/mol. The standard InChI is InChI=1S/C10H17NO3S/c1-10(2,3)14-9(13)5-4-6-15-8-11-7-12/h4-6,8H2,1-3H3. The van der Waals surface area contributed by atoms with Crippen molar-refractivity contribution in [3.05, 3.63) is 0 Å². The van der Waals surface area contributed by atoms with E-state index in [9.17, 15) is 9.59 Å². The minimum Gasteiger partial charge on any atom is -0.460 e. The molecule has 0 aromatic rings. The van der Waals surface area contributed by atoms with Gasteiger partial charge in [0.2, 0.25) is 6.08 Å². The highest BCUT2D eigenvalue weighted by molar-refractivity contribution is 7.99. The molecule has 4 nitrogen and oxygen atoms in total. The maximum absolute atomic E-state index is 11.2. The Hall–Kier alpha value is -0.800. The third-order valence-corrected chi connectivity index (χ3v) is 2.20. The molecular formula is C10H17NO3S. The van der Waals surface area contributed by atoms with Crippen LogP contribution in [0.4, 0.5) is 0 Å². The lowest BCUT2D eigenvalue weighted by Gasteiger charge is -2.19. The zero-order valence-electron chi connectivity index (χ0n) is 9.41. The van der Waals surface area contributed by atoms with Crippen LogP contribution in [-0.2, 0) is 14.3 Å². The molecule has 0 bridgehead atoms. The molecule has 0 aromatic carbocycles. The van der Waals surface area contributed by atoms with Gasteiger partial charge in [-0.25, -0.2) is 4.79 Å². The van der Waals surface area contributed by atoms with E-state index in [4.69, 9.17) is 4.74 Å². The number of rotatable bonds is 6. The third kappa shape index (κ3) is 11.1. The molecule has 86 valence electrons. The van der Waals surface area contributed by atoms with Gasteiger partial charge in [0.05, 0.1) is 5.88 Å². The highest BCUT2D eigenvalue weighted by atomic mass is 32.2. The summed E-state index contributed by atoms with van der Waals surface area (Å²) in [5, 5.41) is 0. The Morgan fingerprint density at radius 1 is 1.47 bits per heavy atom. The van der Waals surface area contributed by atoms with Gasteiger partial charge in [0.25, 0.3) is 0 Å². The molecule has 0 saturated heterocycles. The average molecular weight is 231 g/mol. The fourth-order valence-electron chi connectivity index (χ4n) is 0.848. The summed E-state index contributed by atoms with van der Waals surface area (Å²) in [7, 11) is 0. The molecule has 0 amide bonds. The topological polar surface area (TPSA) is 55.7 Å². The van der Waals surface area contributed by atoms with Gasteiger partial charge in [0, 0.05) is 6.42 Å². The van der Waals surface area contributed by atoms with Gasteiger partial charge in [-0.15, -0.1) is 11.8 Å². The van der Waals surface area contributed by atoms with Crippen molar-refractivity contribution in [3.8, 4) is 0 Å². The van der Waals surface area contributed by atoms with Crippen LogP contribution in [-0.4, -0.2) is 29.3 Å². The van der Waals surface area contributed by atoms with Gasteiger partial charge in [-0.1, -0.05) is 0 Å². The van der Waals surface area contributed by atoms with Gasteiger partial charge in [0.1, 0.15) is 5.60 Å². The van der Waals surface area contributed by atoms with E-state index < -0.39 is 5.60 Å². The first kappa shape index (κ1) is 14.2. The molecule has 0 heterocycles. The molecule has 0 saturated carbocycles. The fourth-order valence-corrected chi connectivity index (χ4v) is 1.47. The summed E-state index contributed by atoms with van der Waals surface area (Å²) < 4.78 is 5.13. The first-order chi connectivity index (χ1) is 6.95. The van der Waals surface area contributed by atoms with Crippen molar-refractivity contribution >= 4 is 23.8 Å². The van der Waals surface area contributed by atoms with Gasteiger partial charge >= 0.3 is 5.97 Å². The maximum atomic E-state index is 11.2. The van der Waals surface area contributed by atoms with Crippen molar-refractivity contribution in [2.75, 3.05) is 11.6 Å². The molecule has 0 radical (unpaired) electrons. The maximum Gasteiger partial charge on any atom is 0.306 e. The number of hydrogen-bond acceptors (Lipinski definition) is 5. The Kier molecular flexibility index (Phi) is 7.09. The summed E-state index contributed by atoms with van der Waals surface area (Å²) in [4.78, 5) is 24.3. The number of carbonyl (C=O) groups is 1. The molecule has 0 unspecified atom stereocenters. The predicted octanol–water partition coefficient (Wildman–Crippen LogP) is 2.13. The normalized spacial score (nSPS) is 10.6. The highest BCUT2D eigenvalue weighted by Gasteiger charge is 2.15. The second-order valence-electron chi connectivity index (χ2n) is 3.98. The van der Waals surface area contributed by atoms with Crippen LogP contribution in [0.1, 0.15) is 33.6 Å². The molecule has 0 atom stereocenters. The van der Waals surface area contributed by atoms with Crippen molar-refractivity contribution in [2.24, 2.45) is 4.99 Å². The summed E-state index contributed by atoms with van der Waals surface area (Å²) in [5.74, 6) is 1.03. The van der Waals surface area contributed by atoms with Crippen molar-refractivity contribution < 1.29 is 14.3 Å². The molecule has 0 aliphatic carbocycles. The predicted molar refractivity (Wildman–Crippen MR) is 60.5 cm³/mol. The molecule has 0 aromatic heterocycles. The van der Waals surface area contributed by atoms with Crippen LogP contribution in [0.2, 0.25) is 0 Å². The quantitative estimate of drug-likeness (QED) is 0.304. The zero-order valence-corrected chi connectivity index (χ0v) is 10.2. The van der Waals surface area contributed by atoms with E-state index in [0.29, 0.717) is 12.3 Å². The van der Waals surface area contributed by atoms with Gasteiger partial charge < -0.3 is 4.74 Å². The first-order valence-corrected chi connectivity index (χ1v) is 5.94. The highest BCUT2D eigenvalue weighted by Crippen LogP contribution is 2.10. The number of hydrogen-bond donors (Lipinski definition) is 0. The van der Waals surface area contributed by atoms with Crippen LogP contribution in [0.5, 0.6) is 0 Å². The SMILES string of the molecule is CC(C)(C)OC(=O)CCCSCN=C=O. The number of thioether (sulfide) groups is 1. The summed E-state index contributed by atoms with van der Waals surface area (Å²) in [6.45, 7) is 5.54. The smallest absolute Gasteiger partial charge is 0.306 e. The monoisotopic (exact) mass is 231 g/mol. The molecule has 0 N–H and O–H groups in total. The van der Waals surface area contributed by atoms with Crippen molar-refractivity contribution in [1.29, 1.82) is 0 Å². The van der Waals surface area contributed by atoms with E-state index in [0.717, 1.165) is 12.2 Å². The van der Waals surface area contributed by atoms with Crippen molar-refractivity contribution in [2.45, 2.75) is 39.2 Å².